The van der Waals surface area contributed by atoms with Crippen molar-refractivity contribution >= 4 is 0 Å². The van der Waals surface area contributed by atoms with Crippen LogP contribution in [-0.4, -0.2) is 116 Å². The third-order valence-corrected chi connectivity index (χ3v) is 15.0. The number of rotatable bonds is 11. The molecule has 5 fully saturated rings. The summed E-state index contributed by atoms with van der Waals surface area (Å²) in [4.78, 5) is 0. The first-order valence-electron chi connectivity index (χ1n) is 20.3. The van der Waals surface area contributed by atoms with Crippen molar-refractivity contribution < 1.29 is 54.7 Å². The molecule has 52 heavy (non-hydrogen) atoms. The van der Waals surface area contributed by atoms with Gasteiger partial charge in [-0.2, -0.15) is 0 Å². The summed E-state index contributed by atoms with van der Waals surface area (Å²) in [5.74, 6) is 4.23. The smallest absolute Gasteiger partial charge is 0.186 e. The van der Waals surface area contributed by atoms with Crippen LogP contribution in [0.3, 0.4) is 0 Å². The summed E-state index contributed by atoms with van der Waals surface area (Å²) in [5, 5.41) is 72.3. The maximum absolute atomic E-state index is 10.9. The van der Waals surface area contributed by atoms with Gasteiger partial charge < -0.3 is 54.7 Å². The molecule has 11 heteroatoms. The molecule has 3 saturated carbocycles. The maximum atomic E-state index is 10.9. The van der Waals surface area contributed by atoms with Crippen LogP contribution in [0, 0.1) is 52.3 Å². The average molecular weight is 737 g/mol. The van der Waals surface area contributed by atoms with Crippen molar-refractivity contribution in [3.05, 3.63) is 23.8 Å². The van der Waals surface area contributed by atoms with Gasteiger partial charge in [-0.15, -0.1) is 0 Å². The minimum Gasteiger partial charge on any atom is -0.394 e. The highest BCUT2D eigenvalue weighted by molar-refractivity contribution is 5.28. The van der Waals surface area contributed by atoms with Gasteiger partial charge in [-0.05, 0) is 110 Å². The zero-order valence-corrected chi connectivity index (χ0v) is 32.2. The topological polar surface area (TPSA) is 179 Å². The van der Waals surface area contributed by atoms with E-state index in [0.717, 1.165) is 25.7 Å². The molecule has 2 heterocycles. The van der Waals surface area contributed by atoms with Crippen LogP contribution in [0.2, 0.25) is 0 Å². The van der Waals surface area contributed by atoms with Gasteiger partial charge in [0.05, 0.1) is 19.3 Å². The Kier molecular flexibility index (Phi) is 12.7. The Morgan fingerprint density at radius 1 is 0.788 bits per heavy atom. The molecular formula is C41H68O11. The molecule has 0 aromatic carbocycles. The fourth-order valence-corrected chi connectivity index (χ4v) is 11.5. The van der Waals surface area contributed by atoms with Crippen LogP contribution < -0.4 is 0 Å². The van der Waals surface area contributed by atoms with E-state index >= 15 is 0 Å². The minimum absolute atomic E-state index is 0.171. The lowest BCUT2D eigenvalue weighted by molar-refractivity contribution is -0.337. The van der Waals surface area contributed by atoms with E-state index in [1.807, 2.05) is 0 Å². The van der Waals surface area contributed by atoms with Crippen molar-refractivity contribution in [3.8, 4) is 0 Å². The van der Waals surface area contributed by atoms with Gasteiger partial charge >= 0.3 is 0 Å². The van der Waals surface area contributed by atoms with Crippen molar-refractivity contribution in [3.63, 3.8) is 0 Å². The number of hydrogen-bond acceptors (Lipinski definition) is 11. The molecule has 0 amide bonds. The lowest BCUT2D eigenvalue weighted by atomic mass is 9.47. The van der Waals surface area contributed by atoms with E-state index in [4.69, 9.17) is 18.9 Å². The number of hydrogen-bond donors (Lipinski definition) is 7. The molecule has 6 aliphatic rings. The maximum Gasteiger partial charge on any atom is 0.186 e. The fourth-order valence-electron chi connectivity index (χ4n) is 11.5. The van der Waals surface area contributed by atoms with E-state index in [2.05, 4.69) is 59.8 Å². The van der Waals surface area contributed by atoms with E-state index in [9.17, 15) is 35.7 Å². The zero-order chi connectivity index (χ0) is 37.7. The van der Waals surface area contributed by atoms with E-state index in [1.165, 1.54) is 32.1 Å². The van der Waals surface area contributed by atoms with Crippen LogP contribution in [0.1, 0.15) is 99.3 Å². The van der Waals surface area contributed by atoms with Crippen LogP contribution in [0.25, 0.3) is 0 Å². The molecule has 2 aliphatic heterocycles. The van der Waals surface area contributed by atoms with E-state index in [1.54, 1.807) is 5.57 Å². The highest BCUT2D eigenvalue weighted by atomic mass is 16.7. The van der Waals surface area contributed by atoms with Gasteiger partial charge in [0.15, 0.2) is 12.6 Å². The number of aliphatic hydroxyl groups is 7. The van der Waals surface area contributed by atoms with Crippen LogP contribution in [-0.2, 0) is 18.9 Å². The summed E-state index contributed by atoms with van der Waals surface area (Å²) in [6.07, 6.45) is 3.03. The third-order valence-electron chi connectivity index (χ3n) is 15.0. The molecule has 19 atom stereocenters. The molecule has 0 aromatic heterocycles. The summed E-state index contributed by atoms with van der Waals surface area (Å²) in [6, 6.07) is 0. The first kappa shape index (κ1) is 40.7. The number of fused-ring (bicyclic) bond motifs is 5. The normalized spacial score (nSPS) is 49.3. The van der Waals surface area contributed by atoms with Crippen LogP contribution >= 0.6 is 0 Å². The van der Waals surface area contributed by atoms with E-state index in [0.29, 0.717) is 46.8 Å². The summed E-state index contributed by atoms with van der Waals surface area (Å²) in [6.45, 7) is 13.5. The molecular weight excluding hydrogens is 668 g/mol. The molecule has 11 nitrogen and oxygen atoms in total. The summed E-state index contributed by atoms with van der Waals surface area (Å²) in [5.41, 5.74) is 2.21. The van der Waals surface area contributed by atoms with Crippen molar-refractivity contribution in [2.24, 2.45) is 52.3 Å². The van der Waals surface area contributed by atoms with Gasteiger partial charge in [-0.25, -0.2) is 0 Å². The largest absolute Gasteiger partial charge is 0.394 e. The van der Waals surface area contributed by atoms with Gasteiger partial charge in [0.25, 0.3) is 0 Å². The molecule has 7 N–H and O–H groups in total. The Balaban J connectivity index is 1.07. The Morgan fingerprint density at radius 3 is 2.10 bits per heavy atom. The quantitative estimate of drug-likeness (QED) is 0.155. The highest BCUT2D eigenvalue weighted by Crippen LogP contribution is 2.67. The average Bonchev–Trinajstić information content (AvgIpc) is 3.48. The van der Waals surface area contributed by atoms with Crippen molar-refractivity contribution in [1.29, 1.82) is 0 Å². The SMILES string of the molecule is CC[C@H](/C=C/[C@@H](C)[C@H]1CCC2C3=CC[C@H]4C[C@@H](O[C@@H]5O[C@H](CO[C@@H]6O[C@H](CO)[C@@H](O)[C@H](O)[C@H]6O)[C@@H](O)[C@H](O)[C@H]5O)CC[C@]4(C)C3CC[C@@]21C)C(C)C. The van der Waals surface area contributed by atoms with Crippen molar-refractivity contribution in [2.75, 3.05) is 13.2 Å². The Labute approximate surface area is 310 Å². The van der Waals surface area contributed by atoms with Gasteiger partial charge in [0.2, 0.25) is 0 Å². The second-order valence-electron chi connectivity index (χ2n) is 18.1. The first-order chi connectivity index (χ1) is 24.6. The Morgan fingerprint density at radius 2 is 1.42 bits per heavy atom. The molecule has 2 saturated heterocycles. The molecule has 6 rings (SSSR count). The summed E-state index contributed by atoms with van der Waals surface area (Å²) >= 11 is 0. The number of allylic oxidation sites excluding steroid dienone is 4. The Hall–Kier alpha value is -0.960. The summed E-state index contributed by atoms with van der Waals surface area (Å²) < 4.78 is 23.4. The van der Waals surface area contributed by atoms with Gasteiger partial charge in [-0.1, -0.05) is 65.3 Å². The van der Waals surface area contributed by atoms with Crippen LogP contribution in [0.5, 0.6) is 0 Å². The second kappa shape index (κ2) is 16.3. The minimum atomic E-state index is -1.62. The standard InChI is InChI=1S/C41H68O11/c1-7-23(21(2)3)9-8-22(4)27-12-13-28-26-11-10-24-18-25(14-16-40(24,5)29(26)15-17-41(27,28)6)50-39-37(48)35(46)33(44)31(52-39)20-49-38-36(47)34(45)32(43)30(19-42)51-38/h8-9,11,21-25,27-39,42-48H,7,10,12-20H2,1-6H3/b9-8+/t22-,23-,24+,25+,27-,28?,29?,30-,31-,32-,33-,34+,35+,36-,37-,38-,39-,40+,41-/m1/s1. The highest BCUT2D eigenvalue weighted by Gasteiger charge is 2.58. The molecule has 2 unspecified atom stereocenters. The van der Waals surface area contributed by atoms with Crippen LogP contribution in [0.4, 0.5) is 0 Å². The second-order valence-corrected chi connectivity index (χ2v) is 18.1. The van der Waals surface area contributed by atoms with Crippen molar-refractivity contribution in [2.45, 2.75) is 167 Å². The molecule has 298 valence electrons. The molecule has 0 bridgehead atoms. The molecule has 0 aromatic rings. The number of ether oxygens (including phenoxy) is 4. The molecule has 0 spiro atoms. The molecule has 4 aliphatic carbocycles. The van der Waals surface area contributed by atoms with Gasteiger partial charge in [0, 0.05) is 0 Å². The Bertz CT molecular complexity index is 1260. The number of aliphatic hydroxyl groups excluding tert-OH is 7. The fraction of sp³-hybridized carbons (Fsp3) is 0.902. The predicted octanol–water partition coefficient (Wildman–Crippen LogP) is 3.45. The monoisotopic (exact) mass is 736 g/mol. The lowest BCUT2D eigenvalue weighted by Crippen LogP contribution is -2.62. The van der Waals surface area contributed by atoms with Gasteiger partial charge in [0.1, 0.15) is 48.8 Å². The predicted molar refractivity (Wildman–Crippen MR) is 193 cm³/mol. The molecule has 0 radical (unpaired) electrons. The lowest BCUT2D eigenvalue weighted by Gasteiger charge is -2.58. The van der Waals surface area contributed by atoms with Crippen LogP contribution in [0.15, 0.2) is 23.8 Å². The van der Waals surface area contributed by atoms with E-state index in [-0.39, 0.29) is 18.1 Å². The van der Waals surface area contributed by atoms with E-state index < -0.39 is 68.0 Å². The summed E-state index contributed by atoms with van der Waals surface area (Å²) in [7, 11) is 0. The van der Waals surface area contributed by atoms with Gasteiger partial charge in [-0.3, -0.25) is 0 Å². The van der Waals surface area contributed by atoms with Crippen molar-refractivity contribution in [1.82, 2.24) is 0 Å². The zero-order valence-electron chi connectivity index (χ0n) is 32.2. The first-order valence-corrected chi connectivity index (χ1v) is 20.3. The third kappa shape index (κ3) is 7.48.